The molecule has 0 bridgehead atoms. The highest BCUT2D eigenvalue weighted by Crippen LogP contribution is 2.29. The summed E-state index contributed by atoms with van der Waals surface area (Å²) in [6.45, 7) is 7.14. The molecule has 9 heteroatoms. The van der Waals surface area contributed by atoms with Gasteiger partial charge >= 0.3 is 0 Å². The molecule has 2 aromatic carbocycles. The number of benzene rings is 2. The number of carbonyl (C=O) groups excluding carboxylic acids is 2. The first kappa shape index (κ1) is 27.2. The number of carbonyl (C=O) groups is 2. The normalized spacial score (nSPS) is 13.0. The summed E-state index contributed by atoms with van der Waals surface area (Å²) in [6, 6.07) is 13.3. The van der Waals surface area contributed by atoms with Crippen LogP contribution in [-0.2, 0) is 26.2 Å². The molecule has 2 amide bonds. The third-order valence-electron chi connectivity index (χ3n) is 5.80. The first-order valence-electron chi connectivity index (χ1n) is 11.2. The molecule has 0 spiro atoms. The summed E-state index contributed by atoms with van der Waals surface area (Å²) in [7, 11) is -2.39. The maximum absolute atomic E-state index is 13.6. The predicted octanol–water partition coefficient (Wildman–Crippen LogP) is 3.10. The van der Waals surface area contributed by atoms with Crippen LogP contribution in [-0.4, -0.2) is 57.1 Å². The summed E-state index contributed by atoms with van der Waals surface area (Å²) < 4.78 is 31.7. The lowest BCUT2D eigenvalue weighted by molar-refractivity contribution is -0.139. The number of anilines is 1. The Labute approximate surface area is 202 Å². The van der Waals surface area contributed by atoms with Gasteiger partial charge in [-0.1, -0.05) is 43.3 Å². The highest BCUT2D eigenvalue weighted by molar-refractivity contribution is 7.92. The van der Waals surface area contributed by atoms with Crippen LogP contribution in [0.5, 0.6) is 5.75 Å². The number of ether oxygens (including phenoxy) is 1. The fourth-order valence-electron chi connectivity index (χ4n) is 3.45. The number of hydrogen-bond acceptors (Lipinski definition) is 5. The molecule has 186 valence electrons. The number of methoxy groups -OCH3 is 1. The van der Waals surface area contributed by atoms with Gasteiger partial charge in [0.15, 0.2) is 0 Å². The van der Waals surface area contributed by atoms with Crippen LogP contribution in [0.25, 0.3) is 0 Å². The molecule has 0 radical (unpaired) electrons. The second kappa shape index (κ2) is 11.9. The third-order valence-corrected chi connectivity index (χ3v) is 6.93. The van der Waals surface area contributed by atoms with E-state index in [0.29, 0.717) is 5.75 Å². The van der Waals surface area contributed by atoms with Gasteiger partial charge in [-0.2, -0.15) is 0 Å². The van der Waals surface area contributed by atoms with Gasteiger partial charge in [-0.05, 0) is 50.5 Å². The van der Waals surface area contributed by atoms with Crippen LogP contribution in [0.3, 0.4) is 0 Å². The number of sulfonamides is 1. The molecule has 0 saturated carbocycles. The van der Waals surface area contributed by atoms with Crippen molar-refractivity contribution in [3.05, 3.63) is 59.7 Å². The van der Waals surface area contributed by atoms with Gasteiger partial charge in [-0.25, -0.2) is 8.42 Å². The molecule has 0 saturated heterocycles. The quantitative estimate of drug-likeness (QED) is 0.523. The van der Waals surface area contributed by atoms with Crippen molar-refractivity contribution >= 4 is 27.5 Å². The van der Waals surface area contributed by atoms with Gasteiger partial charge in [0.25, 0.3) is 0 Å². The number of hydrogen-bond donors (Lipinski definition) is 1. The standard InChI is InChI=1S/C25H35N3O5S/c1-7-19(3)26-25(30)20(4)27(16-21-13-9-8-12-18(21)2)24(29)17-28(34(6,31)32)22-14-10-11-15-23(22)33-5/h8-15,19-20H,7,16-17H2,1-6H3,(H,26,30)/t19-,20+/m0/s1. The molecule has 2 rings (SSSR count). The first-order valence-corrected chi connectivity index (χ1v) is 13.1. The Bertz CT molecular complexity index is 1100. The number of nitrogens with one attached hydrogen (secondary N) is 1. The molecule has 0 heterocycles. The molecule has 34 heavy (non-hydrogen) atoms. The highest BCUT2D eigenvalue weighted by atomic mass is 32.2. The lowest BCUT2D eigenvalue weighted by Gasteiger charge is -2.32. The Kier molecular flexibility index (Phi) is 9.49. The number of nitrogens with zero attached hydrogens (tertiary/aromatic N) is 2. The topological polar surface area (TPSA) is 96.0 Å². The maximum Gasteiger partial charge on any atom is 0.244 e. The van der Waals surface area contributed by atoms with Gasteiger partial charge in [-0.15, -0.1) is 0 Å². The monoisotopic (exact) mass is 489 g/mol. The van der Waals surface area contributed by atoms with Crippen LogP contribution in [0, 0.1) is 6.92 Å². The average molecular weight is 490 g/mol. The van der Waals surface area contributed by atoms with Crippen molar-refractivity contribution in [3.8, 4) is 5.75 Å². The van der Waals surface area contributed by atoms with E-state index in [1.165, 1.54) is 12.0 Å². The Morgan fingerprint density at radius 2 is 1.68 bits per heavy atom. The Morgan fingerprint density at radius 1 is 1.06 bits per heavy atom. The molecule has 1 N–H and O–H groups in total. The van der Waals surface area contributed by atoms with Gasteiger partial charge in [0.1, 0.15) is 18.3 Å². The van der Waals surface area contributed by atoms with Gasteiger partial charge in [0.05, 0.1) is 19.1 Å². The van der Waals surface area contributed by atoms with E-state index in [-0.39, 0.29) is 24.2 Å². The molecule has 0 aliphatic heterocycles. The van der Waals surface area contributed by atoms with Crippen LogP contribution < -0.4 is 14.4 Å². The van der Waals surface area contributed by atoms with E-state index in [4.69, 9.17) is 4.74 Å². The molecule has 2 atom stereocenters. The number of para-hydroxylation sites is 2. The van der Waals surface area contributed by atoms with Crippen molar-refractivity contribution in [1.82, 2.24) is 10.2 Å². The van der Waals surface area contributed by atoms with Crippen molar-refractivity contribution in [3.63, 3.8) is 0 Å². The average Bonchev–Trinajstić information content (AvgIpc) is 2.80. The zero-order valence-electron chi connectivity index (χ0n) is 20.7. The van der Waals surface area contributed by atoms with E-state index in [1.807, 2.05) is 45.0 Å². The fourth-order valence-corrected chi connectivity index (χ4v) is 4.30. The van der Waals surface area contributed by atoms with Gasteiger partial charge < -0.3 is 15.0 Å². The molecular weight excluding hydrogens is 454 g/mol. The maximum atomic E-state index is 13.6. The Balaban J connectivity index is 2.44. The first-order chi connectivity index (χ1) is 16.0. The van der Waals surface area contributed by atoms with Crippen molar-refractivity contribution in [2.45, 2.75) is 52.7 Å². The Hall–Kier alpha value is -3.07. The Morgan fingerprint density at radius 3 is 2.26 bits per heavy atom. The third kappa shape index (κ3) is 6.96. The molecule has 0 aliphatic carbocycles. The number of aryl methyl sites for hydroxylation is 1. The fraction of sp³-hybridized carbons (Fsp3) is 0.440. The molecule has 0 aliphatic rings. The van der Waals surface area contributed by atoms with E-state index < -0.39 is 28.5 Å². The van der Waals surface area contributed by atoms with Crippen molar-refractivity contribution in [2.75, 3.05) is 24.2 Å². The minimum Gasteiger partial charge on any atom is -0.495 e. The zero-order valence-corrected chi connectivity index (χ0v) is 21.6. The van der Waals surface area contributed by atoms with E-state index in [2.05, 4.69) is 5.32 Å². The summed E-state index contributed by atoms with van der Waals surface area (Å²) in [6.07, 6.45) is 1.79. The SMILES string of the molecule is CC[C@H](C)NC(=O)[C@@H](C)N(Cc1ccccc1C)C(=O)CN(c1ccccc1OC)S(C)(=O)=O. The molecule has 8 nitrogen and oxygen atoms in total. The molecule has 0 unspecified atom stereocenters. The minimum atomic E-state index is -3.82. The summed E-state index contributed by atoms with van der Waals surface area (Å²) in [4.78, 5) is 27.9. The predicted molar refractivity (Wildman–Crippen MR) is 134 cm³/mol. The molecule has 2 aromatic rings. The number of amides is 2. The summed E-state index contributed by atoms with van der Waals surface area (Å²) in [5.74, 6) is -0.459. The van der Waals surface area contributed by atoms with E-state index in [9.17, 15) is 18.0 Å². The van der Waals surface area contributed by atoms with E-state index in [0.717, 1.165) is 28.1 Å². The molecule has 0 fully saturated rings. The number of rotatable bonds is 11. The summed E-state index contributed by atoms with van der Waals surface area (Å²) in [5, 5.41) is 2.91. The lowest BCUT2D eigenvalue weighted by atomic mass is 10.1. The molecule has 0 aromatic heterocycles. The van der Waals surface area contributed by atoms with Crippen molar-refractivity contribution < 1.29 is 22.7 Å². The second-order valence-corrected chi connectivity index (χ2v) is 10.3. The van der Waals surface area contributed by atoms with E-state index in [1.54, 1.807) is 31.2 Å². The van der Waals surface area contributed by atoms with Crippen molar-refractivity contribution in [1.29, 1.82) is 0 Å². The summed E-state index contributed by atoms with van der Waals surface area (Å²) >= 11 is 0. The highest BCUT2D eigenvalue weighted by Gasteiger charge is 2.31. The van der Waals surface area contributed by atoms with E-state index >= 15 is 0 Å². The molecular formula is C25H35N3O5S. The van der Waals surface area contributed by atoms with Crippen LogP contribution in [0.4, 0.5) is 5.69 Å². The van der Waals surface area contributed by atoms with Gasteiger partial charge in [0, 0.05) is 12.6 Å². The summed E-state index contributed by atoms with van der Waals surface area (Å²) in [5.41, 5.74) is 2.11. The largest absolute Gasteiger partial charge is 0.495 e. The smallest absolute Gasteiger partial charge is 0.244 e. The van der Waals surface area contributed by atoms with Crippen LogP contribution in [0.15, 0.2) is 48.5 Å². The van der Waals surface area contributed by atoms with Gasteiger partial charge in [0.2, 0.25) is 21.8 Å². The lowest BCUT2D eigenvalue weighted by Crippen LogP contribution is -2.52. The second-order valence-electron chi connectivity index (χ2n) is 8.38. The van der Waals surface area contributed by atoms with Crippen LogP contribution in [0.2, 0.25) is 0 Å². The zero-order chi connectivity index (χ0) is 25.5. The minimum absolute atomic E-state index is 0.0496. The van der Waals surface area contributed by atoms with Crippen LogP contribution in [0.1, 0.15) is 38.3 Å². The van der Waals surface area contributed by atoms with Crippen molar-refractivity contribution in [2.24, 2.45) is 0 Å². The van der Waals surface area contributed by atoms with Gasteiger partial charge in [-0.3, -0.25) is 13.9 Å². The van der Waals surface area contributed by atoms with Crippen LogP contribution >= 0.6 is 0 Å².